The van der Waals surface area contributed by atoms with Gasteiger partial charge in [0, 0.05) is 6.54 Å². The molecule has 9 heavy (non-hydrogen) atoms. The lowest BCUT2D eigenvalue weighted by Gasteiger charge is -1.91. The van der Waals surface area contributed by atoms with Crippen LogP contribution in [0.1, 0.15) is 4.88 Å². The number of hydrogen-bond acceptors (Lipinski definition) is 3. The second kappa shape index (κ2) is 3.15. The first-order valence-electron chi connectivity index (χ1n) is 2.57. The number of aromatic nitrogens is 1. The summed E-state index contributed by atoms with van der Waals surface area (Å²) in [5, 5.41) is 3.62. The molecule has 0 amide bonds. The van der Waals surface area contributed by atoms with E-state index < -0.39 is 0 Å². The maximum Gasteiger partial charge on any atom is 0.144 e. The SMILES string of the molecule is CNCc1scnc1Cl. The second-order valence-electron chi connectivity index (χ2n) is 1.60. The molecule has 0 aliphatic heterocycles. The Morgan fingerprint density at radius 2 is 2.67 bits per heavy atom. The molecule has 1 N–H and O–H groups in total. The van der Waals surface area contributed by atoms with Crippen LogP contribution in [0.2, 0.25) is 5.15 Å². The molecular weight excluding hydrogens is 156 g/mol. The van der Waals surface area contributed by atoms with Crippen LogP contribution in [0.25, 0.3) is 0 Å². The zero-order valence-corrected chi connectivity index (χ0v) is 6.59. The van der Waals surface area contributed by atoms with E-state index in [0.717, 1.165) is 11.4 Å². The van der Waals surface area contributed by atoms with Gasteiger partial charge in [-0.25, -0.2) is 4.98 Å². The van der Waals surface area contributed by atoms with Gasteiger partial charge >= 0.3 is 0 Å². The van der Waals surface area contributed by atoms with Gasteiger partial charge in [0.15, 0.2) is 0 Å². The molecule has 0 aliphatic rings. The molecule has 1 aromatic rings. The monoisotopic (exact) mass is 162 g/mol. The van der Waals surface area contributed by atoms with Gasteiger partial charge in [0.2, 0.25) is 0 Å². The van der Waals surface area contributed by atoms with Crippen molar-refractivity contribution in [2.45, 2.75) is 6.54 Å². The van der Waals surface area contributed by atoms with Gasteiger partial charge in [-0.05, 0) is 7.05 Å². The highest BCUT2D eigenvalue weighted by Crippen LogP contribution is 2.17. The molecule has 0 spiro atoms. The first-order chi connectivity index (χ1) is 4.34. The van der Waals surface area contributed by atoms with Gasteiger partial charge in [-0.3, -0.25) is 0 Å². The molecule has 0 fully saturated rings. The molecule has 0 saturated carbocycles. The summed E-state index contributed by atoms with van der Waals surface area (Å²) in [4.78, 5) is 4.98. The van der Waals surface area contributed by atoms with Gasteiger partial charge in [-0.1, -0.05) is 11.6 Å². The van der Waals surface area contributed by atoms with Crippen LogP contribution >= 0.6 is 22.9 Å². The molecule has 0 atom stereocenters. The fourth-order valence-corrected chi connectivity index (χ4v) is 1.50. The largest absolute Gasteiger partial charge is 0.315 e. The molecule has 1 heterocycles. The smallest absolute Gasteiger partial charge is 0.144 e. The van der Waals surface area contributed by atoms with E-state index in [0.29, 0.717) is 5.15 Å². The van der Waals surface area contributed by atoms with Crippen molar-refractivity contribution in [2.75, 3.05) is 7.05 Å². The Bertz CT molecular complexity index is 187. The van der Waals surface area contributed by atoms with E-state index in [1.807, 2.05) is 7.05 Å². The Labute approximate surface area is 62.9 Å². The van der Waals surface area contributed by atoms with Gasteiger partial charge < -0.3 is 5.32 Å². The van der Waals surface area contributed by atoms with Crippen LogP contribution in [-0.4, -0.2) is 12.0 Å². The Kier molecular flexibility index (Phi) is 2.45. The number of halogens is 1. The molecule has 1 rings (SSSR count). The highest BCUT2D eigenvalue weighted by Gasteiger charge is 1.99. The summed E-state index contributed by atoms with van der Waals surface area (Å²) in [5.41, 5.74) is 1.75. The summed E-state index contributed by atoms with van der Waals surface area (Å²) < 4.78 is 0. The molecule has 0 radical (unpaired) electrons. The quantitative estimate of drug-likeness (QED) is 0.714. The van der Waals surface area contributed by atoms with Crippen LogP contribution in [0.15, 0.2) is 5.51 Å². The Morgan fingerprint density at radius 3 is 3.11 bits per heavy atom. The number of nitrogens with zero attached hydrogens (tertiary/aromatic N) is 1. The maximum atomic E-state index is 5.68. The maximum absolute atomic E-state index is 5.68. The third-order valence-corrected chi connectivity index (χ3v) is 2.20. The van der Waals surface area contributed by atoms with Crippen LogP contribution in [-0.2, 0) is 6.54 Å². The van der Waals surface area contributed by atoms with Crippen LogP contribution in [0.4, 0.5) is 0 Å². The van der Waals surface area contributed by atoms with Crippen LogP contribution in [0, 0.1) is 0 Å². The highest BCUT2D eigenvalue weighted by molar-refractivity contribution is 7.10. The molecule has 0 aromatic carbocycles. The van der Waals surface area contributed by atoms with Crippen molar-refractivity contribution in [1.82, 2.24) is 10.3 Å². The summed E-state index contributed by atoms with van der Waals surface area (Å²) >= 11 is 7.25. The van der Waals surface area contributed by atoms with Crippen molar-refractivity contribution in [3.8, 4) is 0 Å². The van der Waals surface area contributed by atoms with Crippen molar-refractivity contribution in [3.05, 3.63) is 15.5 Å². The van der Waals surface area contributed by atoms with Gasteiger partial charge in [0.1, 0.15) is 5.15 Å². The fraction of sp³-hybridized carbons (Fsp3) is 0.400. The van der Waals surface area contributed by atoms with Crippen molar-refractivity contribution < 1.29 is 0 Å². The molecule has 2 nitrogen and oxygen atoms in total. The Balaban J connectivity index is 2.69. The average Bonchev–Trinajstić information content (AvgIpc) is 2.18. The molecule has 0 unspecified atom stereocenters. The van der Waals surface area contributed by atoms with Crippen molar-refractivity contribution in [2.24, 2.45) is 0 Å². The molecule has 0 aliphatic carbocycles. The number of thiazole rings is 1. The topological polar surface area (TPSA) is 24.9 Å². The third-order valence-electron chi connectivity index (χ3n) is 0.928. The van der Waals surface area contributed by atoms with Gasteiger partial charge in [-0.2, -0.15) is 0 Å². The molecular formula is C5H7ClN2S. The van der Waals surface area contributed by atoms with Gasteiger partial charge in [-0.15, -0.1) is 11.3 Å². The van der Waals surface area contributed by atoms with E-state index >= 15 is 0 Å². The van der Waals surface area contributed by atoms with E-state index in [2.05, 4.69) is 10.3 Å². The van der Waals surface area contributed by atoms with E-state index in [4.69, 9.17) is 11.6 Å². The normalized spacial score (nSPS) is 10.0. The highest BCUT2D eigenvalue weighted by atomic mass is 35.5. The summed E-state index contributed by atoms with van der Waals surface area (Å²) in [7, 11) is 1.88. The molecule has 1 aromatic heterocycles. The minimum absolute atomic E-state index is 0.620. The molecule has 50 valence electrons. The third kappa shape index (κ3) is 1.64. The summed E-state index contributed by atoms with van der Waals surface area (Å²) in [6, 6.07) is 0. The van der Waals surface area contributed by atoms with E-state index in [1.54, 1.807) is 16.8 Å². The first-order valence-corrected chi connectivity index (χ1v) is 3.83. The second-order valence-corrected chi connectivity index (χ2v) is 2.89. The van der Waals surface area contributed by atoms with Crippen molar-refractivity contribution in [1.29, 1.82) is 0 Å². The van der Waals surface area contributed by atoms with E-state index in [-0.39, 0.29) is 0 Å². The first kappa shape index (κ1) is 6.99. The zero-order valence-electron chi connectivity index (χ0n) is 5.02. The number of hydrogen-bond donors (Lipinski definition) is 1. The van der Waals surface area contributed by atoms with Gasteiger partial charge in [0.25, 0.3) is 0 Å². The van der Waals surface area contributed by atoms with Crippen LogP contribution in [0.3, 0.4) is 0 Å². The standard InChI is InChI=1S/C5H7ClN2S/c1-7-2-4-5(6)8-3-9-4/h3,7H,2H2,1H3. The molecule has 4 heteroatoms. The lowest BCUT2D eigenvalue weighted by atomic mass is 10.5. The Morgan fingerprint density at radius 1 is 1.89 bits per heavy atom. The summed E-state index contributed by atoms with van der Waals surface area (Å²) in [6.45, 7) is 0.809. The fourth-order valence-electron chi connectivity index (χ4n) is 0.532. The lowest BCUT2D eigenvalue weighted by molar-refractivity contribution is 0.829. The van der Waals surface area contributed by atoms with Crippen LogP contribution in [0.5, 0.6) is 0 Å². The lowest BCUT2D eigenvalue weighted by Crippen LogP contribution is -2.03. The molecule has 0 bridgehead atoms. The molecule has 0 saturated heterocycles. The Hall–Kier alpha value is -0.120. The zero-order chi connectivity index (χ0) is 6.69. The van der Waals surface area contributed by atoms with E-state index in [1.165, 1.54) is 0 Å². The van der Waals surface area contributed by atoms with E-state index in [9.17, 15) is 0 Å². The average molecular weight is 163 g/mol. The number of nitrogens with one attached hydrogen (secondary N) is 1. The minimum atomic E-state index is 0.620. The van der Waals surface area contributed by atoms with Crippen LogP contribution < -0.4 is 5.32 Å². The summed E-state index contributed by atoms with van der Waals surface area (Å²) in [6.07, 6.45) is 0. The van der Waals surface area contributed by atoms with Gasteiger partial charge in [0.05, 0.1) is 10.4 Å². The minimum Gasteiger partial charge on any atom is -0.315 e. The van der Waals surface area contributed by atoms with Crippen molar-refractivity contribution in [3.63, 3.8) is 0 Å². The van der Waals surface area contributed by atoms with Crippen molar-refractivity contribution >= 4 is 22.9 Å². The number of rotatable bonds is 2. The summed E-state index contributed by atoms with van der Waals surface area (Å²) in [5.74, 6) is 0. The predicted molar refractivity (Wildman–Crippen MR) is 39.9 cm³/mol. The predicted octanol–water partition coefficient (Wildman–Crippen LogP) is 1.52.